The van der Waals surface area contributed by atoms with Crippen molar-refractivity contribution in [1.82, 2.24) is 9.78 Å². The summed E-state index contributed by atoms with van der Waals surface area (Å²) in [5.41, 5.74) is 7.23. The monoisotopic (exact) mass is 337 g/mol. The third kappa shape index (κ3) is 2.70. The molecule has 0 amide bonds. The van der Waals surface area contributed by atoms with Gasteiger partial charge in [-0.1, -0.05) is 22.9 Å². The van der Waals surface area contributed by atoms with Crippen LogP contribution in [-0.4, -0.2) is 22.7 Å². The Kier molecular flexibility index (Phi) is 4.44. The average molecular weight is 338 g/mol. The average Bonchev–Trinajstić information content (AvgIpc) is 2.81. The van der Waals surface area contributed by atoms with E-state index in [1.165, 1.54) is 7.11 Å². The van der Waals surface area contributed by atoms with Crippen LogP contribution in [0.15, 0.2) is 28.9 Å². The summed E-state index contributed by atoms with van der Waals surface area (Å²) in [4.78, 5) is 12.7. The fraction of sp³-hybridized carbons (Fsp3) is 0.286. The van der Waals surface area contributed by atoms with Crippen molar-refractivity contribution in [1.29, 1.82) is 0 Å². The first-order chi connectivity index (χ1) is 9.58. The third-order valence-electron chi connectivity index (χ3n) is 2.93. The molecule has 0 aliphatic heterocycles. The number of nitrogens with zero attached hydrogens (tertiary/aromatic N) is 2. The molecule has 0 spiro atoms. The van der Waals surface area contributed by atoms with Gasteiger partial charge >= 0.3 is 0 Å². The molecule has 6 heteroatoms. The summed E-state index contributed by atoms with van der Waals surface area (Å²) >= 11 is 3.33. The number of anilines is 1. The van der Waals surface area contributed by atoms with E-state index >= 15 is 0 Å². The maximum atomic E-state index is 12.7. The molecule has 0 aliphatic carbocycles. The number of nitrogens with two attached hydrogens (primary N) is 1. The molecule has 0 radical (unpaired) electrons. The highest BCUT2D eigenvalue weighted by Gasteiger charge is 2.22. The zero-order valence-corrected chi connectivity index (χ0v) is 13.0. The van der Waals surface area contributed by atoms with Gasteiger partial charge in [-0.3, -0.25) is 9.48 Å². The molecular weight excluding hydrogens is 322 g/mol. The van der Waals surface area contributed by atoms with E-state index in [2.05, 4.69) is 21.0 Å². The quantitative estimate of drug-likeness (QED) is 0.672. The second-order valence-electron chi connectivity index (χ2n) is 4.35. The van der Waals surface area contributed by atoms with Crippen molar-refractivity contribution >= 4 is 27.4 Å². The van der Waals surface area contributed by atoms with Gasteiger partial charge in [0.05, 0.1) is 13.3 Å². The maximum absolute atomic E-state index is 12.7. The second kappa shape index (κ2) is 6.09. The molecule has 2 N–H and O–H groups in total. The Morgan fingerprint density at radius 3 is 2.85 bits per heavy atom. The van der Waals surface area contributed by atoms with Gasteiger partial charge in [-0.25, -0.2) is 0 Å². The summed E-state index contributed by atoms with van der Waals surface area (Å²) in [5.74, 6) is 0.281. The van der Waals surface area contributed by atoms with Gasteiger partial charge in [0.2, 0.25) is 5.78 Å². The predicted octanol–water partition coefficient (Wildman–Crippen LogP) is 2.88. The summed E-state index contributed by atoms with van der Waals surface area (Å²) in [7, 11) is 1.52. The smallest absolute Gasteiger partial charge is 0.216 e. The molecule has 20 heavy (non-hydrogen) atoms. The van der Waals surface area contributed by atoms with E-state index < -0.39 is 0 Å². The Morgan fingerprint density at radius 1 is 1.50 bits per heavy atom. The number of aryl methyl sites for hydroxylation is 1. The van der Waals surface area contributed by atoms with Crippen molar-refractivity contribution in [3.63, 3.8) is 0 Å². The van der Waals surface area contributed by atoms with Crippen molar-refractivity contribution < 1.29 is 9.53 Å². The van der Waals surface area contributed by atoms with Crippen molar-refractivity contribution in [2.24, 2.45) is 0 Å². The first-order valence-corrected chi connectivity index (χ1v) is 7.07. The van der Waals surface area contributed by atoms with E-state index in [1.54, 1.807) is 29.1 Å². The fourth-order valence-corrected chi connectivity index (χ4v) is 2.37. The number of methoxy groups -OCH3 is 1. The van der Waals surface area contributed by atoms with E-state index in [0.717, 1.165) is 10.9 Å². The largest absolute Gasteiger partial charge is 0.493 e. The van der Waals surface area contributed by atoms with Crippen LogP contribution in [0, 0.1) is 0 Å². The van der Waals surface area contributed by atoms with Gasteiger partial charge in [-0.15, -0.1) is 0 Å². The van der Waals surface area contributed by atoms with Crippen molar-refractivity contribution in [3.05, 3.63) is 40.1 Å². The van der Waals surface area contributed by atoms with Gasteiger partial charge in [-0.2, -0.15) is 5.10 Å². The minimum absolute atomic E-state index is 0.183. The number of aromatic nitrogens is 2. The summed E-state index contributed by atoms with van der Waals surface area (Å²) in [5, 5.41) is 4.19. The molecule has 106 valence electrons. The molecule has 0 aliphatic rings. The Morgan fingerprint density at radius 2 is 2.25 bits per heavy atom. The van der Waals surface area contributed by atoms with Crippen molar-refractivity contribution in [3.8, 4) is 5.75 Å². The lowest BCUT2D eigenvalue weighted by atomic mass is 10.1. The van der Waals surface area contributed by atoms with E-state index in [-0.39, 0.29) is 5.78 Å². The van der Waals surface area contributed by atoms with Gasteiger partial charge in [-0.05, 0) is 24.6 Å². The number of ether oxygens (including phenoxy) is 1. The fourth-order valence-electron chi connectivity index (χ4n) is 2.00. The van der Waals surface area contributed by atoms with Crippen LogP contribution in [-0.2, 0) is 6.54 Å². The molecule has 1 aromatic heterocycles. The molecular formula is C14H16BrN3O2. The van der Waals surface area contributed by atoms with Crippen LogP contribution in [0.4, 0.5) is 5.69 Å². The molecule has 1 aromatic carbocycles. The minimum Gasteiger partial charge on any atom is -0.493 e. The molecule has 2 aromatic rings. The van der Waals surface area contributed by atoms with E-state index in [0.29, 0.717) is 29.2 Å². The van der Waals surface area contributed by atoms with Crippen LogP contribution < -0.4 is 10.5 Å². The molecule has 5 nitrogen and oxygen atoms in total. The van der Waals surface area contributed by atoms with Crippen LogP contribution in [0.5, 0.6) is 5.75 Å². The second-order valence-corrected chi connectivity index (χ2v) is 5.26. The first kappa shape index (κ1) is 14.6. The molecule has 0 bridgehead atoms. The number of hydrogen-bond acceptors (Lipinski definition) is 4. The lowest BCUT2D eigenvalue weighted by Gasteiger charge is -2.09. The van der Waals surface area contributed by atoms with Gasteiger partial charge in [0.1, 0.15) is 0 Å². The molecule has 0 saturated heterocycles. The standard InChI is InChI=1S/C14H16BrN3O2/c1-3-6-18-13(12(20-2)8-17-18)14(19)10-5-4-9(15)7-11(10)16/h4-5,7-8H,3,6,16H2,1-2H3. The molecule has 0 saturated carbocycles. The first-order valence-electron chi connectivity index (χ1n) is 6.28. The normalized spacial score (nSPS) is 10.6. The molecule has 2 rings (SSSR count). The number of rotatable bonds is 5. The number of halogens is 1. The minimum atomic E-state index is -0.183. The number of carbonyl (C=O) groups is 1. The van der Waals surface area contributed by atoms with Crippen LogP contribution in [0.25, 0.3) is 0 Å². The molecule has 1 heterocycles. The molecule has 0 unspecified atom stereocenters. The topological polar surface area (TPSA) is 70.1 Å². The molecule has 0 atom stereocenters. The molecule has 0 fully saturated rings. The Labute approximate surface area is 125 Å². The van der Waals surface area contributed by atoms with Crippen molar-refractivity contribution in [2.75, 3.05) is 12.8 Å². The summed E-state index contributed by atoms with van der Waals surface area (Å²) in [6, 6.07) is 5.20. The number of benzene rings is 1. The zero-order valence-electron chi connectivity index (χ0n) is 11.4. The van der Waals surface area contributed by atoms with Crippen LogP contribution in [0.1, 0.15) is 29.4 Å². The summed E-state index contributed by atoms with van der Waals surface area (Å²) in [6.07, 6.45) is 2.43. The van der Waals surface area contributed by atoms with Gasteiger partial charge < -0.3 is 10.5 Å². The van der Waals surface area contributed by atoms with E-state index in [1.807, 2.05) is 6.92 Å². The number of ketones is 1. The van der Waals surface area contributed by atoms with Crippen LogP contribution in [0.2, 0.25) is 0 Å². The third-order valence-corrected chi connectivity index (χ3v) is 3.43. The lowest BCUT2D eigenvalue weighted by Crippen LogP contribution is -2.14. The highest BCUT2D eigenvalue weighted by molar-refractivity contribution is 9.10. The Bertz CT molecular complexity index is 637. The van der Waals surface area contributed by atoms with Crippen molar-refractivity contribution in [2.45, 2.75) is 19.9 Å². The zero-order chi connectivity index (χ0) is 14.7. The van der Waals surface area contributed by atoms with Crippen LogP contribution in [0.3, 0.4) is 0 Å². The number of hydrogen-bond donors (Lipinski definition) is 1. The number of nitrogen functional groups attached to an aromatic ring is 1. The van der Waals surface area contributed by atoms with E-state index in [9.17, 15) is 4.79 Å². The van der Waals surface area contributed by atoms with Gasteiger partial charge in [0.25, 0.3) is 0 Å². The van der Waals surface area contributed by atoms with Crippen LogP contribution >= 0.6 is 15.9 Å². The van der Waals surface area contributed by atoms with Gasteiger partial charge in [0, 0.05) is 22.3 Å². The maximum Gasteiger partial charge on any atom is 0.216 e. The summed E-state index contributed by atoms with van der Waals surface area (Å²) in [6.45, 7) is 2.68. The van der Waals surface area contributed by atoms with E-state index in [4.69, 9.17) is 10.5 Å². The highest BCUT2D eigenvalue weighted by atomic mass is 79.9. The summed E-state index contributed by atoms with van der Waals surface area (Å²) < 4.78 is 7.71. The highest BCUT2D eigenvalue weighted by Crippen LogP contribution is 2.26. The Balaban J connectivity index is 2.49. The lowest BCUT2D eigenvalue weighted by molar-refractivity contribution is 0.102. The number of carbonyl (C=O) groups excluding carboxylic acids is 1. The predicted molar refractivity (Wildman–Crippen MR) is 81.1 cm³/mol. The van der Waals surface area contributed by atoms with Gasteiger partial charge in [0.15, 0.2) is 11.4 Å². The Hall–Kier alpha value is -1.82. The SMILES string of the molecule is CCCn1ncc(OC)c1C(=O)c1ccc(Br)cc1N.